The van der Waals surface area contributed by atoms with Gasteiger partial charge in [0.25, 0.3) is 0 Å². The van der Waals surface area contributed by atoms with Crippen LogP contribution in [0.3, 0.4) is 0 Å². The molecule has 1 aromatic carbocycles. The Morgan fingerprint density at radius 2 is 1.56 bits per heavy atom. The second-order valence-corrected chi connectivity index (χ2v) is 10.4. The first kappa shape index (κ1) is 20.3. The monoisotopic (exact) mass is 392 g/mol. The highest BCUT2D eigenvalue weighted by molar-refractivity contribution is 7.89. The van der Waals surface area contributed by atoms with Crippen molar-refractivity contribution < 1.29 is 13.2 Å². The molecule has 0 bridgehead atoms. The van der Waals surface area contributed by atoms with Crippen LogP contribution in [0.15, 0.2) is 29.2 Å². The fourth-order valence-corrected chi connectivity index (χ4v) is 5.41. The number of carbonyl (C=O) groups is 1. The topological polar surface area (TPSA) is 57.7 Å². The van der Waals surface area contributed by atoms with E-state index in [-0.39, 0.29) is 17.9 Å². The third kappa shape index (κ3) is 4.37. The van der Waals surface area contributed by atoms with Crippen LogP contribution in [0, 0.1) is 5.92 Å². The van der Waals surface area contributed by atoms with Crippen molar-refractivity contribution in [2.45, 2.75) is 76.3 Å². The summed E-state index contributed by atoms with van der Waals surface area (Å²) in [6.07, 6.45) is 3.42. The van der Waals surface area contributed by atoms with Crippen LogP contribution < -0.4 is 0 Å². The van der Waals surface area contributed by atoms with Gasteiger partial charge >= 0.3 is 0 Å². The molecule has 6 heteroatoms. The lowest BCUT2D eigenvalue weighted by molar-refractivity contribution is -0.139. The van der Waals surface area contributed by atoms with Crippen LogP contribution in [0.1, 0.15) is 64.9 Å². The Morgan fingerprint density at radius 1 is 1.00 bits per heavy atom. The maximum atomic E-state index is 12.9. The molecule has 5 nitrogen and oxygen atoms in total. The smallest absolute Gasteiger partial charge is 0.243 e. The fourth-order valence-electron chi connectivity index (χ4n) is 3.94. The molecule has 1 saturated carbocycles. The third-order valence-corrected chi connectivity index (χ3v) is 7.65. The van der Waals surface area contributed by atoms with Gasteiger partial charge in [-0.1, -0.05) is 26.0 Å². The van der Waals surface area contributed by atoms with Crippen molar-refractivity contribution >= 4 is 15.9 Å². The standard InChI is InChI=1S/C21H32N2O3S/c1-15(2)17-5-9-20(10-6-17)27(25,26)22-13-11-18(12-14-22)21(24)23(16(3)4)19-7-8-19/h5-6,9-10,15-16,18-19H,7-8,11-14H2,1-4H3. The predicted molar refractivity (Wildman–Crippen MR) is 107 cm³/mol. The number of rotatable bonds is 6. The van der Waals surface area contributed by atoms with Gasteiger partial charge in [0, 0.05) is 31.1 Å². The van der Waals surface area contributed by atoms with Gasteiger partial charge in [-0.05, 0) is 63.1 Å². The van der Waals surface area contributed by atoms with E-state index in [2.05, 4.69) is 27.7 Å². The van der Waals surface area contributed by atoms with E-state index in [0.717, 1.165) is 18.4 Å². The van der Waals surface area contributed by atoms with Gasteiger partial charge in [0.15, 0.2) is 0 Å². The van der Waals surface area contributed by atoms with E-state index in [1.165, 1.54) is 4.31 Å². The molecule has 0 radical (unpaired) electrons. The first-order chi connectivity index (χ1) is 12.7. The molecule has 1 aliphatic carbocycles. The van der Waals surface area contributed by atoms with Gasteiger partial charge in [0.05, 0.1) is 4.90 Å². The van der Waals surface area contributed by atoms with E-state index in [9.17, 15) is 13.2 Å². The summed E-state index contributed by atoms with van der Waals surface area (Å²) in [4.78, 5) is 15.3. The van der Waals surface area contributed by atoms with Crippen molar-refractivity contribution in [3.05, 3.63) is 29.8 Å². The van der Waals surface area contributed by atoms with Gasteiger partial charge in [0.1, 0.15) is 0 Å². The van der Waals surface area contributed by atoms with Crippen LogP contribution in [0.4, 0.5) is 0 Å². The second-order valence-electron chi connectivity index (χ2n) is 8.47. The molecule has 0 atom stereocenters. The van der Waals surface area contributed by atoms with Gasteiger partial charge < -0.3 is 4.90 Å². The first-order valence-electron chi connectivity index (χ1n) is 10.1. The number of sulfonamides is 1. The quantitative estimate of drug-likeness (QED) is 0.743. The number of piperidine rings is 1. The van der Waals surface area contributed by atoms with Crippen LogP contribution >= 0.6 is 0 Å². The Bertz CT molecular complexity index is 757. The Hall–Kier alpha value is -1.40. The molecule has 1 heterocycles. The second kappa shape index (κ2) is 7.92. The minimum Gasteiger partial charge on any atom is -0.337 e. The number of benzene rings is 1. The van der Waals surface area contributed by atoms with E-state index >= 15 is 0 Å². The van der Waals surface area contributed by atoms with E-state index in [1.54, 1.807) is 12.1 Å². The molecule has 1 saturated heterocycles. The first-order valence-corrected chi connectivity index (χ1v) is 11.6. The van der Waals surface area contributed by atoms with Gasteiger partial charge in [-0.3, -0.25) is 4.79 Å². The van der Waals surface area contributed by atoms with Crippen LogP contribution in [0.5, 0.6) is 0 Å². The van der Waals surface area contributed by atoms with E-state index < -0.39 is 10.0 Å². The highest BCUT2D eigenvalue weighted by Gasteiger charge is 2.39. The van der Waals surface area contributed by atoms with Gasteiger partial charge in [-0.25, -0.2) is 8.42 Å². The van der Waals surface area contributed by atoms with Gasteiger partial charge in [-0.2, -0.15) is 4.31 Å². The number of nitrogens with zero attached hydrogens (tertiary/aromatic N) is 2. The zero-order valence-electron chi connectivity index (χ0n) is 16.9. The number of amides is 1. The van der Waals surface area contributed by atoms with Crippen LogP contribution in [-0.2, 0) is 14.8 Å². The number of hydrogen-bond acceptors (Lipinski definition) is 3. The lowest BCUT2D eigenvalue weighted by atomic mass is 9.96. The summed E-state index contributed by atoms with van der Waals surface area (Å²) in [5.41, 5.74) is 1.13. The third-order valence-electron chi connectivity index (χ3n) is 5.74. The summed E-state index contributed by atoms with van der Waals surface area (Å²) in [5, 5.41) is 0. The fraction of sp³-hybridized carbons (Fsp3) is 0.667. The summed E-state index contributed by atoms with van der Waals surface area (Å²) in [5.74, 6) is 0.535. The van der Waals surface area contributed by atoms with Crippen LogP contribution in [0.2, 0.25) is 0 Å². The molecule has 1 aliphatic heterocycles. The minimum absolute atomic E-state index is 0.0530. The summed E-state index contributed by atoms with van der Waals surface area (Å²) < 4.78 is 27.4. The molecule has 3 rings (SSSR count). The molecule has 0 unspecified atom stereocenters. The lowest BCUT2D eigenvalue weighted by Crippen LogP contribution is -2.47. The van der Waals surface area contributed by atoms with E-state index in [1.807, 2.05) is 17.0 Å². The summed E-state index contributed by atoms with van der Waals surface area (Å²) in [6.45, 7) is 9.15. The van der Waals surface area contributed by atoms with Gasteiger partial charge in [0.2, 0.25) is 15.9 Å². The summed E-state index contributed by atoms with van der Waals surface area (Å²) >= 11 is 0. The Labute approximate surface area is 163 Å². The van der Waals surface area contributed by atoms with Gasteiger partial charge in [-0.15, -0.1) is 0 Å². The average molecular weight is 393 g/mol. The van der Waals surface area contributed by atoms with Crippen molar-refractivity contribution in [3.8, 4) is 0 Å². The largest absolute Gasteiger partial charge is 0.337 e. The molecular weight excluding hydrogens is 360 g/mol. The molecule has 1 amide bonds. The SMILES string of the molecule is CC(C)c1ccc(S(=O)(=O)N2CCC(C(=O)N(C(C)C)C3CC3)CC2)cc1. The Kier molecular flexibility index (Phi) is 5.96. The summed E-state index contributed by atoms with van der Waals surface area (Å²) in [7, 11) is -3.49. The Morgan fingerprint density at radius 3 is 2.00 bits per heavy atom. The number of hydrogen-bond donors (Lipinski definition) is 0. The highest BCUT2D eigenvalue weighted by atomic mass is 32.2. The highest BCUT2D eigenvalue weighted by Crippen LogP contribution is 2.33. The number of carbonyl (C=O) groups excluding carboxylic acids is 1. The zero-order chi connectivity index (χ0) is 19.8. The normalized spacial score (nSPS) is 19.6. The molecule has 2 aliphatic rings. The zero-order valence-corrected chi connectivity index (χ0v) is 17.7. The van der Waals surface area contributed by atoms with Crippen LogP contribution in [-0.4, -0.2) is 48.7 Å². The average Bonchev–Trinajstić information content (AvgIpc) is 3.46. The summed E-state index contributed by atoms with van der Waals surface area (Å²) in [6, 6.07) is 7.81. The van der Waals surface area contributed by atoms with Crippen molar-refractivity contribution in [1.82, 2.24) is 9.21 Å². The maximum Gasteiger partial charge on any atom is 0.243 e. The molecule has 27 heavy (non-hydrogen) atoms. The Balaban J connectivity index is 1.64. The van der Waals surface area contributed by atoms with E-state index in [0.29, 0.717) is 42.8 Å². The van der Waals surface area contributed by atoms with E-state index in [4.69, 9.17) is 0 Å². The molecule has 2 fully saturated rings. The maximum absolute atomic E-state index is 12.9. The molecule has 0 spiro atoms. The van der Waals surface area contributed by atoms with Crippen LogP contribution in [0.25, 0.3) is 0 Å². The van der Waals surface area contributed by atoms with Crippen molar-refractivity contribution in [1.29, 1.82) is 0 Å². The van der Waals surface area contributed by atoms with Crippen molar-refractivity contribution in [2.24, 2.45) is 5.92 Å². The molecule has 0 aromatic heterocycles. The molecule has 0 N–H and O–H groups in total. The van der Waals surface area contributed by atoms with Crippen molar-refractivity contribution in [3.63, 3.8) is 0 Å². The predicted octanol–water partition coefficient (Wildman–Crippen LogP) is 3.61. The molecular formula is C21H32N2O3S. The molecule has 150 valence electrons. The lowest BCUT2D eigenvalue weighted by Gasteiger charge is -2.35. The van der Waals surface area contributed by atoms with Crippen molar-refractivity contribution in [2.75, 3.05) is 13.1 Å². The molecule has 1 aromatic rings. The minimum atomic E-state index is -3.49.